The fourth-order valence-corrected chi connectivity index (χ4v) is 1.70. The van der Waals surface area contributed by atoms with Crippen molar-refractivity contribution in [1.29, 1.82) is 0 Å². The number of ether oxygens (including phenoxy) is 1. The highest BCUT2D eigenvalue weighted by atomic mass is 19.1. The number of hydrogen-bond donors (Lipinski definition) is 0. The van der Waals surface area contributed by atoms with Crippen LogP contribution in [-0.4, -0.2) is 17.6 Å². The largest absolute Gasteiger partial charge is 0.469 e. The second-order valence-corrected chi connectivity index (χ2v) is 3.94. The van der Waals surface area contributed by atoms with Gasteiger partial charge in [-0.1, -0.05) is 12.1 Å². The van der Waals surface area contributed by atoms with Gasteiger partial charge in [0.2, 0.25) is 0 Å². The van der Waals surface area contributed by atoms with E-state index in [1.807, 2.05) is 0 Å². The molecule has 0 radical (unpaired) electrons. The second kappa shape index (κ2) is 5.48. The molecule has 0 aliphatic rings. The zero-order valence-corrected chi connectivity index (χ0v) is 10.3. The average Bonchev–Trinajstić information content (AvgIpc) is 2.41. The molecular weight excluding hydrogens is 249 g/mol. The van der Waals surface area contributed by atoms with Gasteiger partial charge in [0.05, 0.1) is 19.2 Å². The Morgan fingerprint density at radius 3 is 2.74 bits per heavy atom. The van der Waals surface area contributed by atoms with Crippen molar-refractivity contribution in [1.82, 2.24) is 4.57 Å². The number of esters is 1. The first-order chi connectivity index (χ1) is 9.11. The smallest absolute Gasteiger partial charge is 0.310 e. The van der Waals surface area contributed by atoms with Crippen LogP contribution in [0.2, 0.25) is 0 Å². The van der Waals surface area contributed by atoms with Gasteiger partial charge in [-0.2, -0.15) is 0 Å². The van der Waals surface area contributed by atoms with Crippen molar-refractivity contribution in [2.24, 2.45) is 0 Å². The molecule has 0 amide bonds. The lowest BCUT2D eigenvalue weighted by molar-refractivity contribution is -0.139. The molecule has 2 aromatic rings. The fourth-order valence-electron chi connectivity index (χ4n) is 1.70. The molecule has 2 rings (SSSR count). The Bertz CT molecular complexity index is 664. The SMILES string of the molecule is COC(=O)Cc1ccc(-n2ccccc2=O)cc1F. The molecule has 0 spiro atoms. The van der Waals surface area contributed by atoms with Crippen LogP contribution in [0.5, 0.6) is 0 Å². The minimum absolute atomic E-state index is 0.133. The van der Waals surface area contributed by atoms with Crippen molar-refractivity contribution in [2.45, 2.75) is 6.42 Å². The Morgan fingerprint density at radius 2 is 2.11 bits per heavy atom. The lowest BCUT2D eigenvalue weighted by atomic mass is 10.1. The van der Waals surface area contributed by atoms with Gasteiger partial charge in [0.25, 0.3) is 5.56 Å². The van der Waals surface area contributed by atoms with E-state index in [0.29, 0.717) is 5.69 Å². The molecule has 0 saturated carbocycles. The van der Waals surface area contributed by atoms with Crippen LogP contribution < -0.4 is 5.56 Å². The predicted octanol–water partition coefficient (Wildman–Crippen LogP) is 1.69. The van der Waals surface area contributed by atoms with Crippen LogP contribution in [0, 0.1) is 5.82 Å². The molecule has 1 aromatic heterocycles. The zero-order valence-electron chi connectivity index (χ0n) is 10.3. The number of pyridine rings is 1. The summed E-state index contributed by atoms with van der Waals surface area (Å²) in [6.45, 7) is 0. The van der Waals surface area contributed by atoms with Gasteiger partial charge in [-0.25, -0.2) is 4.39 Å². The Labute approximate surface area is 109 Å². The Kier molecular flexibility index (Phi) is 3.75. The Hall–Kier alpha value is -2.43. The average molecular weight is 261 g/mol. The number of nitrogens with zero attached hydrogens (tertiary/aromatic N) is 1. The third-order valence-electron chi connectivity index (χ3n) is 2.70. The van der Waals surface area contributed by atoms with Crippen molar-refractivity contribution in [3.05, 3.63) is 64.3 Å². The van der Waals surface area contributed by atoms with Crippen LogP contribution in [0.1, 0.15) is 5.56 Å². The number of hydrogen-bond acceptors (Lipinski definition) is 3. The number of halogens is 1. The molecule has 4 nitrogen and oxygen atoms in total. The highest BCUT2D eigenvalue weighted by Crippen LogP contribution is 2.14. The van der Waals surface area contributed by atoms with Crippen molar-refractivity contribution in [3.63, 3.8) is 0 Å². The van der Waals surface area contributed by atoms with Crippen LogP contribution in [0.4, 0.5) is 4.39 Å². The summed E-state index contributed by atoms with van der Waals surface area (Å²) in [6.07, 6.45) is 1.42. The number of aromatic nitrogens is 1. The minimum Gasteiger partial charge on any atom is -0.469 e. The molecule has 0 atom stereocenters. The summed E-state index contributed by atoms with van der Waals surface area (Å²) in [5.74, 6) is -1.05. The molecule has 0 saturated heterocycles. The topological polar surface area (TPSA) is 48.3 Å². The van der Waals surface area contributed by atoms with Crippen molar-refractivity contribution < 1.29 is 13.9 Å². The number of rotatable bonds is 3. The summed E-state index contributed by atoms with van der Waals surface area (Å²) in [5.41, 5.74) is 0.402. The van der Waals surface area contributed by atoms with E-state index < -0.39 is 11.8 Å². The van der Waals surface area contributed by atoms with E-state index in [4.69, 9.17) is 0 Å². The van der Waals surface area contributed by atoms with Crippen LogP contribution in [-0.2, 0) is 16.0 Å². The normalized spacial score (nSPS) is 10.2. The number of methoxy groups -OCH3 is 1. The number of carbonyl (C=O) groups is 1. The Balaban J connectivity index is 2.37. The van der Waals surface area contributed by atoms with E-state index in [1.165, 1.54) is 29.9 Å². The van der Waals surface area contributed by atoms with E-state index >= 15 is 0 Å². The summed E-state index contributed by atoms with van der Waals surface area (Å²) in [6, 6.07) is 8.96. The number of benzene rings is 1. The molecule has 0 unspecified atom stereocenters. The maximum atomic E-state index is 13.8. The fraction of sp³-hybridized carbons (Fsp3) is 0.143. The first-order valence-electron chi connectivity index (χ1n) is 5.65. The monoisotopic (exact) mass is 261 g/mol. The lowest BCUT2D eigenvalue weighted by Crippen LogP contribution is -2.16. The summed E-state index contributed by atoms with van der Waals surface area (Å²) in [5, 5.41) is 0. The minimum atomic E-state index is -0.543. The van der Waals surface area contributed by atoms with Gasteiger partial charge < -0.3 is 4.74 Å². The molecule has 0 N–H and O–H groups in total. The van der Waals surface area contributed by atoms with Crippen LogP contribution in [0.25, 0.3) is 5.69 Å². The molecule has 0 fully saturated rings. The lowest BCUT2D eigenvalue weighted by Gasteiger charge is -2.07. The van der Waals surface area contributed by atoms with Crippen LogP contribution >= 0.6 is 0 Å². The maximum Gasteiger partial charge on any atom is 0.310 e. The standard InChI is InChI=1S/C14H12FNO3/c1-19-14(18)8-10-5-6-11(9-12(10)15)16-7-3-2-4-13(16)17/h2-7,9H,8H2,1H3. The quantitative estimate of drug-likeness (QED) is 0.790. The van der Waals surface area contributed by atoms with Crippen LogP contribution in [0.3, 0.4) is 0 Å². The molecule has 0 aliphatic carbocycles. The van der Waals surface area contributed by atoms with Gasteiger partial charge in [-0.05, 0) is 23.8 Å². The first-order valence-corrected chi connectivity index (χ1v) is 5.65. The van der Waals surface area contributed by atoms with E-state index in [-0.39, 0.29) is 17.5 Å². The highest BCUT2D eigenvalue weighted by Gasteiger charge is 2.10. The molecular formula is C14H12FNO3. The van der Waals surface area contributed by atoms with Gasteiger partial charge in [0.1, 0.15) is 5.82 Å². The highest BCUT2D eigenvalue weighted by molar-refractivity contribution is 5.72. The van der Waals surface area contributed by atoms with E-state index in [1.54, 1.807) is 24.4 Å². The van der Waals surface area contributed by atoms with Gasteiger partial charge in [-0.15, -0.1) is 0 Å². The van der Waals surface area contributed by atoms with Crippen molar-refractivity contribution in [2.75, 3.05) is 7.11 Å². The third-order valence-corrected chi connectivity index (χ3v) is 2.70. The first kappa shape index (κ1) is 13.0. The van der Waals surface area contributed by atoms with Gasteiger partial charge >= 0.3 is 5.97 Å². The third kappa shape index (κ3) is 2.88. The molecule has 98 valence electrons. The summed E-state index contributed by atoms with van der Waals surface area (Å²) >= 11 is 0. The van der Waals surface area contributed by atoms with Gasteiger partial charge in [0.15, 0.2) is 0 Å². The van der Waals surface area contributed by atoms with Crippen LogP contribution in [0.15, 0.2) is 47.4 Å². The maximum absolute atomic E-state index is 13.8. The summed E-state index contributed by atoms with van der Waals surface area (Å²) < 4.78 is 19.6. The molecule has 1 aromatic carbocycles. The molecule has 5 heteroatoms. The second-order valence-electron chi connectivity index (χ2n) is 3.94. The zero-order chi connectivity index (χ0) is 13.8. The number of carbonyl (C=O) groups excluding carboxylic acids is 1. The summed E-state index contributed by atoms with van der Waals surface area (Å²) in [4.78, 5) is 22.7. The van der Waals surface area contributed by atoms with Crippen molar-refractivity contribution in [3.8, 4) is 5.69 Å². The molecule has 19 heavy (non-hydrogen) atoms. The van der Waals surface area contributed by atoms with E-state index in [0.717, 1.165) is 0 Å². The van der Waals surface area contributed by atoms with Gasteiger partial charge in [0, 0.05) is 12.3 Å². The molecule has 1 heterocycles. The molecule has 0 aliphatic heterocycles. The Morgan fingerprint density at radius 1 is 1.32 bits per heavy atom. The van der Waals surface area contributed by atoms with E-state index in [2.05, 4.69) is 4.74 Å². The molecule has 0 bridgehead atoms. The van der Waals surface area contributed by atoms with Crippen molar-refractivity contribution >= 4 is 5.97 Å². The predicted molar refractivity (Wildman–Crippen MR) is 67.7 cm³/mol. The van der Waals surface area contributed by atoms with E-state index in [9.17, 15) is 14.0 Å². The summed E-state index contributed by atoms with van der Waals surface area (Å²) in [7, 11) is 1.25. The van der Waals surface area contributed by atoms with Gasteiger partial charge in [-0.3, -0.25) is 14.2 Å².